The number of imidazole rings is 1. The van der Waals surface area contributed by atoms with Gasteiger partial charge >= 0.3 is 6.03 Å². The predicted octanol–water partition coefficient (Wildman–Crippen LogP) is 2.43. The van der Waals surface area contributed by atoms with E-state index >= 15 is 0 Å². The first-order valence-electron chi connectivity index (χ1n) is 9.02. The number of likely N-dealkylation sites (tertiary alicyclic amines) is 1. The van der Waals surface area contributed by atoms with Gasteiger partial charge in [-0.1, -0.05) is 6.07 Å². The highest BCUT2D eigenvalue weighted by Crippen LogP contribution is 2.30. The van der Waals surface area contributed by atoms with Crippen LogP contribution in [0, 0.1) is 5.92 Å². The number of amides is 2. The van der Waals surface area contributed by atoms with E-state index in [1.807, 2.05) is 40.9 Å². The summed E-state index contributed by atoms with van der Waals surface area (Å²) in [5, 5.41) is 13.5. The molecule has 2 N–H and O–H groups in total. The Morgan fingerprint density at radius 2 is 2.08 bits per heavy atom. The number of nitrogens with zero attached hydrogens (tertiary/aromatic N) is 3. The first kappa shape index (κ1) is 17.1. The lowest BCUT2D eigenvalue weighted by atomic mass is 9.91. The molecule has 7 heteroatoms. The van der Waals surface area contributed by atoms with E-state index in [-0.39, 0.29) is 11.9 Å². The third kappa shape index (κ3) is 3.32. The van der Waals surface area contributed by atoms with E-state index in [1.54, 1.807) is 6.20 Å². The summed E-state index contributed by atoms with van der Waals surface area (Å²) in [6, 6.07) is 5.82. The van der Waals surface area contributed by atoms with Gasteiger partial charge < -0.3 is 24.6 Å². The number of aryl methyl sites for hydroxylation is 1. The molecule has 138 valence electrons. The molecule has 0 saturated carbocycles. The molecule has 1 fully saturated rings. The van der Waals surface area contributed by atoms with Crippen LogP contribution in [-0.2, 0) is 25.0 Å². The van der Waals surface area contributed by atoms with Crippen LogP contribution in [0.5, 0.6) is 0 Å². The second-order valence-corrected chi connectivity index (χ2v) is 7.07. The Hall–Kier alpha value is -2.38. The Kier molecular flexibility index (Phi) is 4.65. The van der Waals surface area contributed by atoms with Crippen LogP contribution in [0.15, 0.2) is 30.6 Å². The topological polar surface area (TPSA) is 79.6 Å². The lowest BCUT2D eigenvalue weighted by Gasteiger charge is -2.34. The Labute approximate surface area is 152 Å². The molecule has 0 spiro atoms. The molecule has 1 aromatic heterocycles. The lowest BCUT2D eigenvalue weighted by Crippen LogP contribution is -2.42. The molecule has 2 aliphatic heterocycles. The van der Waals surface area contributed by atoms with E-state index in [9.17, 15) is 9.90 Å². The number of piperidine rings is 1. The minimum absolute atomic E-state index is 0.0891. The molecule has 1 atom stereocenters. The van der Waals surface area contributed by atoms with E-state index in [0.717, 1.165) is 24.1 Å². The zero-order valence-corrected chi connectivity index (χ0v) is 14.9. The Balaban J connectivity index is 1.33. The molecule has 7 nitrogen and oxygen atoms in total. The predicted molar refractivity (Wildman–Crippen MR) is 96.4 cm³/mol. The number of aliphatic hydroxyl groups is 1. The fraction of sp³-hybridized carbons (Fsp3) is 0.474. The lowest BCUT2D eigenvalue weighted by molar-refractivity contribution is 0.0600. The van der Waals surface area contributed by atoms with E-state index in [4.69, 9.17) is 4.74 Å². The van der Waals surface area contributed by atoms with Crippen LogP contribution in [-0.4, -0.2) is 38.7 Å². The number of aliphatic hydroxyl groups excluding tert-OH is 1. The Morgan fingerprint density at radius 1 is 1.31 bits per heavy atom. The maximum absolute atomic E-state index is 12.5. The summed E-state index contributed by atoms with van der Waals surface area (Å²) in [4.78, 5) is 18.6. The van der Waals surface area contributed by atoms with Gasteiger partial charge in [0.05, 0.1) is 13.2 Å². The zero-order chi connectivity index (χ0) is 18.1. The smallest absolute Gasteiger partial charge is 0.321 e. The van der Waals surface area contributed by atoms with Gasteiger partial charge in [-0.3, -0.25) is 0 Å². The molecule has 2 amide bonds. The third-order valence-electron chi connectivity index (χ3n) is 5.37. The van der Waals surface area contributed by atoms with E-state index in [0.29, 0.717) is 32.1 Å². The maximum Gasteiger partial charge on any atom is 0.321 e. The van der Waals surface area contributed by atoms with Crippen molar-refractivity contribution in [2.24, 2.45) is 13.0 Å². The number of anilines is 1. The van der Waals surface area contributed by atoms with Gasteiger partial charge in [-0.2, -0.15) is 0 Å². The normalized spacial score (nSPS) is 18.6. The van der Waals surface area contributed by atoms with Gasteiger partial charge in [0.1, 0.15) is 11.9 Å². The molecule has 1 saturated heterocycles. The third-order valence-corrected chi connectivity index (χ3v) is 5.37. The van der Waals surface area contributed by atoms with Crippen molar-refractivity contribution in [3.05, 3.63) is 47.5 Å². The van der Waals surface area contributed by atoms with Crippen LogP contribution in [0.25, 0.3) is 0 Å². The second-order valence-electron chi connectivity index (χ2n) is 7.07. The fourth-order valence-electron chi connectivity index (χ4n) is 3.74. The van der Waals surface area contributed by atoms with Gasteiger partial charge in [0.25, 0.3) is 0 Å². The van der Waals surface area contributed by atoms with Gasteiger partial charge in [-0.25, -0.2) is 9.78 Å². The summed E-state index contributed by atoms with van der Waals surface area (Å²) in [5.41, 5.74) is 3.13. The number of aromatic nitrogens is 2. The van der Waals surface area contributed by atoms with Crippen LogP contribution in [0.4, 0.5) is 10.5 Å². The highest BCUT2D eigenvalue weighted by atomic mass is 16.5. The number of benzene rings is 1. The number of urea groups is 1. The standard InChI is InChI=1S/C19H24N4O3/c1-22-9-6-20-18(22)17(24)13-4-7-23(8-5-13)19(25)21-16-3-2-14-11-26-12-15(14)10-16/h2-3,6,9-10,13,17,24H,4-5,7-8,11-12H2,1H3,(H,21,25)/t17-/m0/s1. The van der Waals surface area contributed by atoms with Gasteiger partial charge in [-0.05, 0) is 42.0 Å². The van der Waals surface area contributed by atoms with Crippen molar-refractivity contribution in [2.45, 2.75) is 32.2 Å². The monoisotopic (exact) mass is 356 g/mol. The first-order chi connectivity index (χ1) is 12.6. The number of hydrogen-bond donors (Lipinski definition) is 2. The average Bonchev–Trinajstić information content (AvgIpc) is 3.29. The SMILES string of the molecule is Cn1ccnc1[C@@H](O)C1CCN(C(=O)Nc2ccc3c(c2)COC3)CC1. The molecule has 26 heavy (non-hydrogen) atoms. The van der Waals surface area contributed by atoms with Crippen molar-refractivity contribution in [1.29, 1.82) is 0 Å². The molecular weight excluding hydrogens is 332 g/mol. The summed E-state index contributed by atoms with van der Waals surface area (Å²) in [5.74, 6) is 0.811. The molecule has 3 heterocycles. The van der Waals surface area contributed by atoms with Crippen LogP contribution in [0.3, 0.4) is 0 Å². The van der Waals surface area contributed by atoms with E-state index in [1.165, 1.54) is 5.56 Å². The number of rotatable bonds is 3. The van der Waals surface area contributed by atoms with Crippen molar-refractivity contribution < 1.29 is 14.6 Å². The molecule has 0 unspecified atom stereocenters. The van der Waals surface area contributed by atoms with Gasteiger partial charge in [-0.15, -0.1) is 0 Å². The van der Waals surface area contributed by atoms with Crippen molar-refractivity contribution in [3.8, 4) is 0 Å². The number of carbonyl (C=O) groups is 1. The maximum atomic E-state index is 12.5. The summed E-state index contributed by atoms with van der Waals surface area (Å²) in [6.45, 7) is 2.52. The Bertz CT molecular complexity index is 796. The van der Waals surface area contributed by atoms with Crippen LogP contribution < -0.4 is 5.32 Å². The number of nitrogens with one attached hydrogen (secondary N) is 1. The van der Waals surface area contributed by atoms with Gasteiger partial charge in [0.15, 0.2) is 0 Å². The molecular formula is C19H24N4O3. The van der Waals surface area contributed by atoms with Crippen LogP contribution in [0.2, 0.25) is 0 Å². The highest BCUT2D eigenvalue weighted by Gasteiger charge is 2.30. The molecule has 0 bridgehead atoms. The second kappa shape index (κ2) is 7.09. The molecule has 4 rings (SSSR count). The number of fused-ring (bicyclic) bond motifs is 1. The summed E-state index contributed by atoms with van der Waals surface area (Å²) >= 11 is 0. The Morgan fingerprint density at radius 3 is 2.81 bits per heavy atom. The van der Waals surface area contributed by atoms with E-state index in [2.05, 4.69) is 10.3 Å². The number of ether oxygens (including phenoxy) is 1. The number of hydrogen-bond acceptors (Lipinski definition) is 4. The molecule has 1 aromatic carbocycles. The fourth-order valence-corrected chi connectivity index (χ4v) is 3.74. The van der Waals surface area contributed by atoms with Crippen molar-refractivity contribution in [1.82, 2.24) is 14.5 Å². The highest BCUT2D eigenvalue weighted by molar-refractivity contribution is 5.89. The van der Waals surface area contributed by atoms with Gasteiger partial charge in [0, 0.05) is 38.2 Å². The summed E-state index contributed by atoms with van der Waals surface area (Å²) in [6.07, 6.45) is 4.47. The van der Waals surface area contributed by atoms with Gasteiger partial charge in [0.2, 0.25) is 0 Å². The zero-order valence-electron chi connectivity index (χ0n) is 14.9. The first-order valence-corrected chi connectivity index (χ1v) is 9.02. The minimum atomic E-state index is -0.586. The van der Waals surface area contributed by atoms with Crippen LogP contribution >= 0.6 is 0 Å². The van der Waals surface area contributed by atoms with E-state index < -0.39 is 6.10 Å². The van der Waals surface area contributed by atoms with Crippen molar-refractivity contribution >= 4 is 11.7 Å². The number of carbonyl (C=O) groups excluding carboxylic acids is 1. The minimum Gasteiger partial charge on any atom is -0.385 e. The summed E-state index contributed by atoms with van der Waals surface area (Å²) < 4.78 is 7.26. The molecule has 2 aliphatic rings. The largest absolute Gasteiger partial charge is 0.385 e. The van der Waals surface area contributed by atoms with Crippen molar-refractivity contribution in [3.63, 3.8) is 0 Å². The van der Waals surface area contributed by atoms with Crippen LogP contribution in [0.1, 0.15) is 35.9 Å². The van der Waals surface area contributed by atoms with Crippen molar-refractivity contribution in [2.75, 3.05) is 18.4 Å². The molecule has 0 radical (unpaired) electrons. The molecule has 2 aromatic rings. The quantitative estimate of drug-likeness (QED) is 0.885. The average molecular weight is 356 g/mol. The molecule has 0 aliphatic carbocycles. The summed E-state index contributed by atoms with van der Waals surface area (Å²) in [7, 11) is 1.88.